The van der Waals surface area contributed by atoms with E-state index in [1.807, 2.05) is 6.92 Å². The molecule has 88 valence electrons. The number of benzene rings is 1. The molecular weight excluding hydrogens is 226 g/mol. The van der Waals surface area contributed by atoms with Crippen molar-refractivity contribution in [3.63, 3.8) is 0 Å². The lowest BCUT2D eigenvalue weighted by Gasteiger charge is -2.16. The molecule has 16 heavy (non-hydrogen) atoms. The van der Waals surface area contributed by atoms with Gasteiger partial charge in [0.1, 0.15) is 0 Å². The Morgan fingerprint density at radius 3 is 2.44 bits per heavy atom. The SMILES string of the molecule is Cc1ccc(S(=O)(=O)NN=C2CNC2)cc1.[HH]. The molecule has 0 aromatic heterocycles. The van der Waals surface area contributed by atoms with Crippen LogP contribution in [0, 0.1) is 6.92 Å². The maximum absolute atomic E-state index is 11.7. The molecule has 5 nitrogen and oxygen atoms in total. The minimum Gasteiger partial charge on any atom is -0.306 e. The molecule has 0 aliphatic carbocycles. The van der Waals surface area contributed by atoms with E-state index in [0.29, 0.717) is 13.1 Å². The molecule has 2 N–H and O–H groups in total. The summed E-state index contributed by atoms with van der Waals surface area (Å²) in [6, 6.07) is 6.65. The Morgan fingerprint density at radius 1 is 1.31 bits per heavy atom. The van der Waals surface area contributed by atoms with E-state index >= 15 is 0 Å². The van der Waals surface area contributed by atoms with E-state index in [1.54, 1.807) is 24.3 Å². The van der Waals surface area contributed by atoms with Crippen molar-refractivity contribution in [1.82, 2.24) is 10.1 Å². The lowest BCUT2D eigenvalue weighted by atomic mass is 10.2. The third kappa shape index (κ3) is 2.40. The summed E-state index contributed by atoms with van der Waals surface area (Å²) >= 11 is 0. The van der Waals surface area contributed by atoms with Crippen LogP contribution in [0.4, 0.5) is 0 Å². The number of rotatable bonds is 3. The fourth-order valence-electron chi connectivity index (χ4n) is 1.21. The molecule has 1 aliphatic heterocycles. The summed E-state index contributed by atoms with van der Waals surface area (Å²) in [5.74, 6) is 0. The van der Waals surface area contributed by atoms with Gasteiger partial charge in [-0.1, -0.05) is 17.7 Å². The van der Waals surface area contributed by atoms with Crippen LogP contribution in [0.5, 0.6) is 0 Å². The molecule has 0 saturated carbocycles. The van der Waals surface area contributed by atoms with Crippen LogP contribution in [0.1, 0.15) is 6.99 Å². The van der Waals surface area contributed by atoms with Gasteiger partial charge in [-0.3, -0.25) is 0 Å². The maximum Gasteiger partial charge on any atom is 0.276 e. The summed E-state index contributed by atoms with van der Waals surface area (Å²) in [6.07, 6.45) is 0. The van der Waals surface area contributed by atoms with Crippen LogP contribution in [-0.2, 0) is 10.0 Å². The van der Waals surface area contributed by atoms with Gasteiger partial charge in [-0.05, 0) is 19.1 Å². The summed E-state index contributed by atoms with van der Waals surface area (Å²) in [6.45, 7) is 3.21. The number of nitrogens with zero attached hydrogens (tertiary/aromatic N) is 1. The second kappa shape index (κ2) is 4.23. The van der Waals surface area contributed by atoms with Crippen molar-refractivity contribution < 1.29 is 9.84 Å². The fraction of sp³-hybridized carbons (Fsp3) is 0.300. The van der Waals surface area contributed by atoms with Crippen molar-refractivity contribution in [2.24, 2.45) is 5.10 Å². The van der Waals surface area contributed by atoms with Gasteiger partial charge in [0.2, 0.25) is 0 Å². The first-order valence-corrected chi connectivity index (χ1v) is 6.41. The molecule has 6 heteroatoms. The van der Waals surface area contributed by atoms with Crippen LogP contribution in [0.15, 0.2) is 34.3 Å². The van der Waals surface area contributed by atoms with Gasteiger partial charge < -0.3 is 5.32 Å². The van der Waals surface area contributed by atoms with Crippen LogP contribution >= 0.6 is 0 Å². The van der Waals surface area contributed by atoms with Gasteiger partial charge in [-0.25, -0.2) is 4.83 Å². The van der Waals surface area contributed by atoms with Gasteiger partial charge in [0.15, 0.2) is 0 Å². The Morgan fingerprint density at radius 2 is 1.94 bits per heavy atom. The van der Waals surface area contributed by atoms with Gasteiger partial charge in [0, 0.05) is 14.5 Å². The third-order valence-corrected chi connectivity index (χ3v) is 3.54. The van der Waals surface area contributed by atoms with Gasteiger partial charge in [-0.15, -0.1) is 0 Å². The first-order valence-electron chi connectivity index (χ1n) is 4.92. The van der Waals surface area contributed by atoms with E-state index in [9.17, 15) is 8.42 Å². The minimum absolute atomic E-state index is 0. The van der Waals surface area contributed by atoms with E-state index in [0.717, 1.165) is 11.3 Å². The predicted molar refractivity (Wildman–Crippen MR) is 63.9 cm³/mol. The number of hydrogen-bond acceptors (Lipinski definition) is 4. The monoisotopic (exact) mass is 241 g/mol. The molecule has 0 atom stereocenters. The highest BCUT2D eigenvalue weighted by Gasteiger charge is 2.14. The molecule has 1 aromatic rings. The molecular formula is C10H15N3O2S. The third-order valence-electron chi connectivity index (χ3n) is 2.31. The zero-order chi connectivity index (χ0) is 11.6. The molecule has 1 saturated heterocycles. The Labute approximate surface area is 96.1 Å². The zero-order valence-corrected chi connectivity index (χ0v) is 9.71. The maximum atomic E-state index is 11.7. The Balaban J connectivity index is 0.00000144. The standard InChI is InChI=1S/C10H13N3O2S.H2/c1-8-2-4-10(5-3-8)16(14,15)13-12-9-6-11-7-9;/h2-5,11,13H,6-7H2,1H3;1H. The summed E-state index contributed by atoms with van der Waals surface area (Å²) in [4.78, 5) is 2.45. The summed E-state index contributed by atoms with van der Waals surface area (Å²) < 4.78 is 23.5. The quantitative estimate of drug-likeness (QED) is 0.756. The first kappa shape index (κ1) is 11.1. The first-order chi connectivity index (χ1) is 7.58. The minimum atomic E-state index is -3.51. The smallest absolute Gasteiger partial charge is 0.276 e. The number of aryl methyl sites for hydroxylation is 1. The highest BCUT2D eigenvalue weighted by molar-refractivity contribution is 7.89. The van der Waals surface area contributed by atoms with E-state index in [1.165, 1.54) is 0 Å². The molecule has 1 aromatic carbocycles. The van der Waals surface area contributed by atoms with E-state index in [4.69, 9.17) is 0 Å². The molecule has 0 bridgehead atoms. The summed E-state index contributed by atoms with van der Waals surface area (Å²) in [5.41, 5.74) is 1.84. The van der Waals surface area contributed by atoms with Crippen molar-refractivity contribution in [1.29, 1.82) is 0 Å². The normalized spacial score (nSPS) is 15.4. The zero-order valence-electron chi connectivity index (χ0n) is 8.90. The number of hydrazone groups is 1. The van der Waals surface area contributed by atoms with Gasteiger partial charge >= 0.3 is 0 Å². The van der Waals surface area contributed by atoms with Crippen LogP contribution in [-0.4, -0.2) is 27.2 Å². The summed E-state index contributed by atoms with van der Waals surface area (Å²) in [7, 11) is -3.51. The van der Waals surface area contributed by atoms with Crippen molar-refractivity contribution in [3.8, 4) is 0 Å². The molecule has 0 amide bonds. The molecule has 2 rings (SSSR count). The highest BCUT2D eigenvalue weighted by Crippen LogP contribution is 2.09. The lowest BCUT2D eigenvalue weighted by molar-refractivity contribution is 0.583. The second-order valence-electron chi connectivity index (χ2n) is 3.69. The fourth-order valence-corrected chi connectivity index (χ4v) is 2.06. The lowest BCUT2D eigenvalue weighted by Crippen LogP contribution is -2.44. The van der Waals surface area contributed by atoms with Crippen molar-refractivity contribution in [2.75, 3.05) is 13.1 Å². The second-order valence-corrected chi connectivity index (χ2v) is 5.35. The number of hydrogen-bond donors (Lipinski definition) is 2. The van der Waals surface area contributed by atoms with Crippen LogP contribution in [0.3, 0.4) is 0 Å². The van der Waals surface area contributed by atoms with Gasteiger partial charge in [-0.2, -0.15) is 13.5 Å². The highest BCUT2D eigenvalue weighted by atomic mass is 32.2. The van der Waals surface area contributed by atoms with Crippen molar-refractivity contribution >= 4 is 15.7 Å². The number of nitrogens with one attached hydrogen (secondary N) is 2. The van der Waals surface area contributed by atoms with Crippen molar-refractivity contribution in [3.05, 3.63) is 29.8 Å². The molecule has 1 heterocycles. The van der Waals surface area contributed by atoms with Gasteiger partial charge in [0.05, 0.1) is 10.6 Å². The van der Waals surface area contributed by atoms with Crippen LogP contribution in [0.25, 0.3) is 0 Å². The number of sulfonamides is 1. The molecule has 0 unspecified atom stereocenters. The van der Waals surface area contributed by atoms with Crippen LogP contribution < -0.4 is 10.1 Å². The topological polar surface area (TPSA) is 70.6 Å². The largest absolute Gasteiger partial charge is 0.306 e. The van der Waals surface area contributed by atoms with E-state index in [-0.39, 0.29) is 6.32 Å². The Kier molecular flexibility index (Phi) is 2.93. The Bertz CT molecular complexity index is 505. The summed E-state index contributed by atoms with van der Waals surface area (Å²) in [5, 5.41) is 6.80. The molecule has 1 aliphatic rings. The molecule has 0 spiro atoms. The predicted octanol–water partition coefficient (Wildman–Crippen LogP) is 0.479. The van der Waals surface area contributed by atoms with E-state index < -0.39 is 10.0 Å². The van der Waals surface area contributed by atoms with Gasteiger partial charge in [0.25, 0.3) is 10.0 Å². The Hall–Kier alpha value is -1.40. The van der Waals surface area contributed by atoms with E-state index in [2.05, 4.69) is 15.2 Å². The average Bonchev–Trinajstić information content (AvgIpc) is 2.15. The van der Waals surface area contributed by atoms with Crippen LogP contribution in [0.2, 0.25) is 0 Å². The molecule has 1 fully saturated rings. The van der Waals surface area contributed by atoms with Crippen molar-refractivity contribution in [2.45, 2.75) is 11.8 Å². The molecule has 0 radical (unpaired) electrons. The average molecular weight is 241 g/mol.